The van der Waals surface area contributed by atoms with E-state index in [0.717, 1.165) is 22.3 Å². The van der Waals surface area contributed by atoms with Crippen molar-refractivity contribution in [3.8, 4) is 0 Å². The van der Waals surface area contributed by atoms with Crippen LogP contribution in [-0.4, -0.2) is 9.52 Å². The molecule has 0 spiro atoms. The summed E-state index contributed by atoms with van der Waals surface area (Å²) >= 11 is 28.4. The van der Waals surface area contributed by atoms with Crippen LogP contribution >= 0.6 is 46.4 Å². The molecule has 6 rings (SSSR count). The summed E-state index contributed by atoms with van der Waals surface area (Å²) in [5.74, 6) is 0.825. The predicted molar refractivity (Wildman–Crippen MR) is 191 cm³/mol. The second-order valence-electron chi connectivity index (χ2n) is 12.2. The van der Waals surface area contributed by atoms with Crippen LogP contribution in [0.4, 0.5) is 0 Å². The number of allylic oxidation sites excluding steroid dienone is 2. The normalized spacial score (nSPS) is 18.1. The van der Waals surface area contributed by atoms with Gasteiger partial charge < -0.3 is 0 Å². The first kappa shape index (κ1) is 30.7. The van der Waals surface area contributed by atoms with Gasteiger partial charge in [0.25, 0.3) is 0 Å². The van der Waals surface area contributed by atoms with Crippen LogP contribution in [0.1, 0.15) is 81.3 Å². The average molecular weight is 663 g/mol. The highest BCUT2D eigenvalue weighted by Crippen LogP contribution is 2.51. The van der Waals surface area contributed by atoms with E-state index in [4.69, 9.17) is 46.4 Å². The molecule has 0 nitrogen and oxygen atoms in total. The van der Waals surface area contributed by atoms with Crippen molar-refractivity contribution in [2.24, 2.45) is 0 Å². The van der Waals surface area contributed by atoms with Crippen molar-refractivity contribution in [3.05, 3.63) is 152 Å². The molecule has 4 aromatic carbocycles. The highest BCUT2D eigenvalue weighted by atomic mass is 35.5. The third kappa shape index (κ3) is 5.47. The highest BCUT2D eigenvalue weighted by molar-refractivity contribution is 6.50. The Balaban J connectivity index is 1.26. The predicted octanol–water partition coefficient (Wildman–Crippen LogP) is 11.4. The van der Waals surface area contributed by atoms with E-state index in [9.17, 15) is 0 Å². The van der Waals surface area contributed by atoms with Crippen LogP contribution in [0.5, 0.6) is 0 Å². The number of benzene rings is 4. The van der Waals surface area contributed by atoms with Crippen LogP contribution < -0.4 is 0 Å². The van der Waals surface area contributed by atoms with E-state index < -0.39 is 18.2 Å². The largest absolute Gasteiger partial charge is 0.168 e. The summed E-state index contributed by atoms with van der Waals surface area (Å²) < 4.78 is -2.21. The zero-order chi connectivity index (χ0) is 30.5. The average Bonchev–Trinajstić information content (AvgIpc) is 3.50. The van der Waals surface area contributed by atoms with E-state index in [1.54, 1.807) is 0 Å². The monoisotopic (exact) mass is 660 g/mol. The Kier molecular flexibility index (Phi) is 8.52. The molecule has 0 saturated heterocycles. The molecule has 43 heavy (non-hydrogen) atoms. The van der Waals surface area contributed by atoms with Crippen molar-refractivity contribution in [2.45, 2.75) is 60.3 Å². The SMILES string of the molecule is CC1=Cc2c(C(Cl)(Cl)c3ccccc3)ccc(C)c2C1C[SiH2]CC1C(C)=Cc2c(C(Cl)(Cl)c3ccccc3)ccc(C)c21. The van der Waals surface area contributed by atoms with Crippen LogP contribution in [0.15, 0.2) is 96.1 Å². The lowest BCUT2D eigenvalue weighted by atomic mass is 9.89. The third-order valence-corrected chi connectivity index (χ3v) is 13.1. The van der Waals surface area contributed by atoms with Crippen LogP contribution in [0.3, 0.4) is 0 Å². The van der Waals surface area contributed by atoms with Crippen LogP contribution in [-0.2, 0) is 8.67 Å². The Morgan fingerprint density at radius 1 is 0.535 bits per heavy atom. The molecule has 5 heteroatoms. The summed E-state index contributed by atoms with van der Waals surface area (Å²) in [5.41, 5.74) is 14.4. The van der Waals surface area contributed by atoms with Crippen molar-refractivity contribution in [2.75, 3.05) is 0 Å². The summed E-state index contributed by atoms with van der Waals surface area (Å²) in [5, 5.41) is 0. The first-order chi connectivity index (χ1) is 20.5. The van der Waals surface area contributed by atoms with E-state index in [-0.39, 0.29) is 0 Å². The van der Waals surface area contributed by atoms with Gasteiger partial charge in [0, 0.05) is 21.4 Å². The van der Waals surface area contributed by atoms with Gasteiger partial charge >= 0.3 is 0 Å². The number of aryl methyl sites for hydroxylation is 2. The fourth-order valence-corrected chi connectivity index (χ4v) is 11.0. The number of hydrogen-bond donors (Lipinski definition) is 0. The zero-order valence-electron chi connectivity index (χ0n) is 25.0. The van der Waals surface area contributed by atoms with E-state index in [1.807, 2.05) is 60.7 Å². The minimum Gasteiger partial charge on any atom is -0.0909 e. The molecule has 0 radical (unpaired) electrons. The number of rotatable bonds is 8. The van der Waals surface area contributed by atoms with Gasteiger partial charge in [0.05, 0.1) is 0 Å². The quantitative estimate of drug-likeness (QED) is 0.130. The van der Waals surface area contributed by atoms with E-state index >= 15 is 0 Å². The molecule has 4 aromatic rings. The Hall–Kier alpha value is -2.26. The molecular weight excluding hydrogens is 626 g/mol. The van der Waals surface area contributed by atoms with Gasteiger partial charge in [-0.05, 0) is 83.3 Å². The Labute approximate surface area is 278 Å². The number of alkyl halides is 4. The maximum absolute atomic E-state index is 7.09. The molecule has 2 unspecified atom stereocenters. The molecule has 0 amide bonds. The summed E-state index contributed by atoms with van der Waals surface area (Å²) in [6.07, 6.45) is 4.66. The van der Waals surface area contributed by atoms with Crippen molar-refractivity contribution in [3.63, 3.8) is 0 Å². The smallest absolute Gasteiger partial charge is 0.0909 e. The Morgan fingerprint density at radius 3 is 1.28 bits per heavy atom. The second kappa shape index (κ2) is 11.9. The number of fused-ring (bicyclic) bond motifs is 2. The molecule has 0 aromatic heterocycles. The third-order valence-electron chi connectivity index (χ3n) is 9.49. The van der Waals surface area contributed by atoms with Gasteiger partial charge in [-0.2, -0.15) is 0 Å². The zero-order valence-corrected chi connectivity index (χ0v) is 29.5. The van der Waals surface area contributed by atoms with Gasteiger partial charge in [0.2, 0.25) is 0 Å². The molecule has 220 valence electrons. The van der Waals surface area contributed by atoms with E-state index in [1.165, 1.54) is 56.6 Å². The van der Waals surface area contributed by atoms with Crippen LogP contribution in [0.2, 0.25) is 12.1 Å². The van der Waals surface area contributed by atoms with E-state index in [2.05, 4.69) is 64.1 Å². The lowest BCUT2D eigenvalue weighted by Crippen LogP contribution is -2.16. The number of halogens is 4. The second-order valence-corrected chi connectivity index (χ2v) is 16.7. The van der Waals surface area contributed by atoms with Gasteiger partial charge in [0.15, 0.2) is 8.67 Å². The van der Waals surface area contributed by atoms with Crippen molar-refractivity contribution in [1.82, 2.24) is 0 Å². The van der Waals surface area contributed by atoms with Crippen LogP contribution in [0.25, 0.3) is 12.2 Å². The Bertz CT molecular complexity index is 1610. The number of hydrogen-bond acceptors (Lipinski definition) is 0. The van der Waals surface area contributed by atoms with Crippen LogP contribution in [0, 0.1) is 13.8 Å². The maximum atomic E-state index is 7.09. The molecule has 0 fully saturated rings. The first-order valence-corrected chi connectivity index (χ1v) is 18.5. The summed E-state index contributed by atoms with van der Waals surface area (Å²) in [7, 11) is -0.430. The first-order valence-electron chi connectivity index (χ1n) is 15.0. The van der Waals surface area contributed by atoms with E-state index in [0.29, 0.717) is 11.8 Å². The minimum atomic E-state index is -1.10. The summed E-state index contributed by atoms with van der Waals surface area (Å²) in [6, 6.07) is 31.0. The molecule has 2 aliphatic rings. The molecule has 2 atom stereocenters. The van der Waals surface area contributed by atoms with Gasteiger partial charge in [-0.15, -0.1) is 0 Å². The molecule has 0 N–H and O–H groups in total. The molecule has 0 heterocycles. The van der Waals surface area contributed by atoms with Crippen molar-refractivity contribution >= 4 is 68.1 Å². The highest BCUT2D eigenvalue weighted by Gasteiger charge is 2.38. The van der Waals surface area contributed by atoms with Crippen molar-refractivity contribution < 1.29 is 0 Å². The maximum Gasteiger partial charge on any atom is 0.168 e. The standard InChI is InChI=1S/C38H36Cl4Si/c1-23-15-17-33(37(39,40)27-11-7-5-8-12-27)29-19-25(3)31(35(23)29)21-43-22-32-26(4)20-30-34(18-16-24(2)36(30)32)38(41,42)28-13-9-6-10-14-28/h5-20,31-32H,21-22,43H2,1-4H3. The Morgan fingerprint density at radius 2 is 0.907 bits per heavy atom. The molecular formula is C38H36Cl4Si. The minimum absolute atomic E-state index is 0.413. The van der Waals surface area contributed by atoms with Gasteiger partial charge in [-0.25, -0.2) is 0 Å². The summed E-state index contributed by atoms with van der Waals surface area (Å²) in [4.78, 5) is 0. The summed E-state index contributed by atoms with van der Waals surface area (Å²) in [6.45, 7) is 8.98. The fraction of sp³-hybridized carbons (Fsp3) is 0.263. The lowest BCUT2D eigenvalue weighted by molar-refractivity contribution is 0.861. The van der Waals surface area contributed by atoms with Crippen molar-refractivity contribution in [1.29, 1.82) is 0 Å². The topological polar surface area (TPSA) is 0 Å². The molecule has 0 aliphatic heterocycles. The fourth-order valence-electron chi connectivity index (χ4n) is 7.26. The lowest BCUT2D eigenvalue weighted by Gasteiger charge is -2.26. The van der Waals surface area contributed by atoms with Gasteiger partial charge in [-0.1, -0.05) is 167 Å². The molecule has 0 bridgehead atoms. The van der Waals surface area contributed by atoms with Gasteiger partial charge in [-0.3, -0.25) is 0 Å². The molecule has 2 aliphatic carbocycles. The molecule has 0 saturated carbocycles. The van der Waals surface area contributed by atoms with Gasteiger partial charge in [0.1, 0.15) is 0 Å².